The highest BCUT2D eigenvalue weighted by Gasteiger charge is 2.15. The van der Waals surface area contributed by atoms with Gasteiger partial charge in [0.1, 0.15) is 5.75 Å². The molecule has 0 aromatic heterocycles. The van der Waals surface area contributed by atoms with E-state index in [9.17, 15) is 9.59 Å². The summed E-state index contributed by atoms with van der Waals surface area (Å²) in [6.45, 7) is 0.355. The summed E-state index contributed by atoms with van der Waals surface area (Å²) in [5.74, 6) is 0.368. The van der Waals surface area contributed by atoms with Gasteiger partial charge in [0, 0.05) is 10.7 Å². The number of amides is 2. The molecule has 6 heteroatoms. The SMILES string of the molecule is O=C(Cc1ccc2c(c1)NC(=O)CCO2)Nc1cccc(Cl)c1. The molecule has 2 amide bonds. The van der Waals surface area contributed by atoms with Gasteiger partial charge in [-0.05, 0) is 35.9 Å². The smallest absolute Gasteiger partial charge is 0.228 e. The third kappa shape index (κ3) is 4.02. The molecule has 1 aliphatic heterocycles. The lowest BCUT2D eigenvalue weighted by Crippen LogP contribution is -2.14. The predicted octanol–water partition coefficient (Wildman–Crippen LogP) is 3.24. The molecule has 3 rings (SSSR count). The van der Waals surface area contributed by atoms with Crippen LogP contribution in [0.2, 0.25) is 5.02 Å². The quantitative estimate of drug-likeness (QED) is 0.907. The Balaban J connectivity index is 1.70. The van der Waals surface area contributed by atoms with Crippen LogP contribution in [0.25, 0.3) is 0 Å². The van der Waals surface area contributed by atoms with Crippen LogP contribution in [0.1, 0.15) is 12.0 Å². The average Bonchev–Trinajstić information content (AvgIpc) is 2.67. The molecule has 1 heterocycles. The van der Waals surface area contributed by atoms with Crippen molar-refractivity contribution >= 4 is 34.8 Å². The van der Waals surface area contributed by atoms with Crippen molar-refractivity contribution < 1.29 is 14.3 Å². The highest BCUT2D eigenvalue weighted by Crippen LogP contribution is 2.28. The van der Waals surface area contributed by atoms with Crippen molar-refractivity contribution in [3.8, 4) is 5.75 Å². The zero-order valence-electron chi connectivity index (χ0n) is 12.3. The van der Waals surface area contributed by atoms with Gasteiger partial charge in [-0.3, -0.25) is 9.59 Å². The first-order valence-electron chi connectivity index (χ1n) is 7.21. The Morgan fingerprint density at radius 3 is 2.96 bits per heavy atom. The number of anilines is 2. The van der Waals surface area contributed by atoms with E-state index in [4.69, 9.17) is 16.3 Å². The summed E-state index contributed by atoms with van der Waals surface area (Å²) in [5.41, 5.74) is 2.03. The molecule has 0 fully saturated rings. The third-order valence-corrected chi connectivity index (χ3v) is 3.61. The highest BCUT2D eigenvalue weighted by atomic mass is 35.5. The lowest BCUT2D eigenvalue weighted by atomic mass is 10.1. The number of ether oxygens (including phenoxy) is 1. The molecular formula is C17H15ClN2O3. The summed E-state index contributed by atoms with van der Waals surface area (Å²) < 4.78 is 5.49. The maximum atomic E-state index is 12.1. The summed E-state index contributed by atoms with van der Waals surface area (Å²) in [7, 11) is 0. The molecule has 0 atom stereocenters. The van der Waals surface area contributed by atoms with Crippen molar-refractivity contribution in [2.24, 2.45) is 0 Å². The van der Waals surface area contributed by atoms with Crippen LogP contribution in [0.4, 0.5) is 11.4 Å². The van der Waals surface area contributed by atoms with Crippen LogP contribution in [0.5, 0.6) is 5.75 Å². The molecule has 0 saturated heterocycles. The van der Waals surface area contributed by atoms with E-state index >= 15 is 0 Å². The van der Waals surface area contributed by atoms with Gasteiger partial charge in [-0.2, -0.15) is 0 Å². The predicted molar refractivity (Wildman–Crippen MR) is 89.0 cm³/mol. The van der Waals surface area contributed by atoms with Gasteiger partial charge in [-0.25, -0.2) is 0 Å². The van der Waals surface area contributed by atoms with Gasteiger partial charge >= 0.3 is 0 Å². The fraction of sp³-hybridized carbons (Fsp3) is 0.176. The molecule has 118 valence electrons. The van der Waals surface area contributed by atoms with Crippen molar-refractivity contribution in [1.29, 1.82) is 0 Å². The summed E-state index contributed by atoms with van der Waals surface area (Å²) >= 11 is 5.89. The van der Waals surface area contributed by atoms with Crippen LogP contribution in [-0.2, 0) is 16.0 Å². The first-order chi connectivity index (χ1) is 11.1. The Morgan fingerprint density at radius 2 is 2.13 bits per heavy atom. The van der Waals surface area contributed by atoms with Crippen LogP contribution < -0.4 is 15.4 Å². The van der Waals surface area contributed by atoms with E-state index in [1.807, 2.05) is 6.07 Å². The van der Waals surface area contributed by atoms with Crippen LogP contribution in [0.15, 0.2) is 42.5 Å². The van der Waals surface area contributed by atoms with E-state index in [1.54, 1.807) is 36.4 Å². The molecule has 5 nitrogen and oxygen atoms in total. The molecular weight excluding hydrogens is 316 g/mol. The number of nitrogens with one attached hydrogen (secondary N) is 2. The Labute approximate surface area is 138 Å². The van der Waals surface area contributed by atoms with Crippen molar-refractivity contribution in [1.82, 2.24) is 0 Å². The van der Waals surface area contributed by atoms with E-state index in [1.165, 1.54) is 0 Å². The van der Waals surface area contributed by atoms with Crippen molar-refractivity contribution in [3.63, 3.8) is 0 Å². The molecule has 0 radical (unpaired) electrons. The summed E-state index contributed by atoms with van der Waals surface area (Å²) in [4.78, 5) is 23.7. The maximum Gasteiger partial charge on any atom is 0.228 e. The molecule has 0 spiro atoms. The second-order valence-corrected chi connectivity index (χ2v) is 5.65. The second-order valence-electron chi connectivity index (χ2n) is 5.21. The summed E-state index contributed by atoms with van der Waals surface area (Å²) in [6, 6.07) is 12.3. The van der Waals surface area contributed by atoms with Gasteiger partial charge in [0.05, 0.1) is 25.1 Å². The molecule has 2 N–H and O–H groups in total. The zero-order chi connectivity index (χ0) is 16.2. The third-order valence-electron chi connectivity index (χ3n) is 3.38. The fourth-order valence-corrected chi connectivity index (χ4v) is 2.52. The van der Waals surface area contributed by atoms with Gasteiger partial charge in [0.25, 0.3) is 0 Å². The lowest BCUT2D eigenvalue weighted by molar-refractivity contribution is -0.116. The van der Waals surface area contributed by atoms with Gasteiger partial charge in [-0.15, -0.1) is 0 Å². The molecule has 0 bridgehead atoms. The van der Waals surface area contributed by atoms with E-state index < -0.39 is 0 Å². The van der Waals surface area contributed by atoms with E-state index in [-0.39, 0.29) is 18.2 Å². The largest absolute Gasteiger partial charge is 0.491 e. The standard InChI is InChI=1S/C17H15ClN2O3/c18-12-2-1-3-13(10-12)19-17(22)9-11-4-5-15-14(8-11)20-16(21)6-7-23-15/h1-5,8,10H,6-7,9H2,(H,19,22)(H,20,21). The first-order valence-corrected chi connectivity index (χ1v) is 7.59. The average molecular weight is 331 g/mol. The van der Waals surface area contributed by atoms with Gasteiger partial charge in [0.15, 0.2) is 0 Å². The summed E-state index contributed by atoms with van der Waals surface area (Å²) in [5, 5.41) is 6.13. The fourth-order valence-electron chi connectivity index (χ4n) is 2.33. The molecule has 1 aliphatic rings. The number of halogens is 1. The second kappa shape index (κ2) is 6.71. The van der Waals surface area contributed by atoms with Crippen molar-refractivity contribution in [3.05, 3.63) is 53.1 Å². The number of hydrogen-bond donors (Lipinski definition) is 2. The first kappa shape index (κ1) is 15.4. The number of fused-ring (bicyclic) bond motifs is 1. The molecule has 23 heavy (non-hydrogen) atoms. The number of rotatable bonds is 3. The maximum absolute atomic E-state index is 12.1. The molecule has 2 aromatic carbocycles. The zero-order valence-corrected chi connectivity index (χ0v) is 13.0. The van der Waals surface area contributed by atoms with Gasteiger partial charge < -0.3 is 15.4 Å². The molecule has 0 aliphatic carbocycles. The Hall–Kier alpha value is -2.53. The van der Waals surface area contributed by atoms with E-state index in [0.29, 0.717) is 35.2 Å². The highest BCUT2D eigenvalue weighted by molar-refractivity contribution is 6.30. The monoisotopic (exact) mass is 330 g/mol. The molecule has 0 unspecified atom stereocenters. The number of carbonyl (C=O) groups is 2. The van der Waals surface area contributed by atoms with Crippen molar-refractivity contribution in [2.45, 2.75) is 12.8 Å². The van der Waals surface area contributed by atoms with Crippen LogP contribution in [-0.4, -0.2) is 18.4 Å². The Bertz CT molecular complexity index is 761. The topological polar surface area (TPSA) is 67.4 Å². The normalized spacial score (nSPS) is 13.3. The van der Waals surface area contributed by atoms with Crippen LogP contribution >= 0.6 is 11.6 Å². The minimum atomic E-state index is -0.159. The minimum absolute atomic E-state index is 0.0933. The number of carbonyl (C=O) groups excluding carboxylic acids is 2. The Kier molecular flexibility index (Phi) is 4.48. The van der Waals surface area contributed by atoms with Crippen molar-refractivity contribution in [2.75, 3.05) is 17.2 Å². The van der Waals surface area contributed by atoms with Gasteiger partial charge in [0.2, 0.25) is 11.8 Å². The lowest BCUT2D eigenvalue weighted by Gasteiger charge is -2.10. The van der Waals surface area contributed by atoms with E-state index in [0.717, 1.165) is 5.56 Å². The van der Waals surface area contributed by atoms with Crippen LogP contribution in [0.3, 0.4) is 0 Å². The van der Waals surface area contributed by atoms with Crippen LogP contribution in [0, 0.1) is 0 Å². The number of hydrogen-bond acceptors (Lipinski definition) is 3. The molecule has 0 saturated carbocycles. The molecule has 2 aromatic rings. The Morgan fingerprint density at radius 1 is 1.26 bits per heavy atom. The van der Waals surface area contributed by atoms with E-state index in [2.05, 4.69) is 10.6 Å². The number of benzene rings is 2. The van der Waals surface area contributed by atoms with Gasteiger partial charge in [-0.1, -0.05) is 23.7 Å². The minimum Gasteiger partial charge on any atom is -0.491 e. The summed E-state index contributed by atoms with van der Waals surface area (Å²) in [6.07, 6.45) is 0.509.